The molecule has 0 spiro atoms. The second-order valence-electron chi connectivity index (χ2n) is 8.40. The van der Waals surface area contributed by atoms with Crippen LogP contribution in [0, 0.1) is 5.92 Å². The molecule has 0 bridgehead atoms. The zero-order valence-corrected chi connectivity index (χ0v) is 22.2. The Bertz CT molecular complexity index is 1150. The van der Waals surface area contributed by atoms with E-state index in [4.69, 9.17) is 4.74 Å². The van der Waals surface area contributed by atoms with E-state index < -0.39 is 11.9 Å². The highest BCUT2D eigenvalue weighted by Crippen LogP contribution is 2.21. The molecule has 3 aromatic carbocycles. The van der Waals surface area contributed by atoms with Crippen LogP contribution < -0.4 is 10.2 Å². The van der Waals surface area contributed by atoms with Crippen LogP contribution in [0.4, 0.5) is 11.4 Å². The normalized spacial score (nSPS) is 11.1. The van der Waals surface area contributed by atoms with Gasteiger partial charge in [-0.25, -0.2) is 4.79 Å². The number of carbonyl (C=O) groups is 3. The molecule has 6 nitrogen and oxygen atoms in total. The van der Waals surface area contributed by atoms with Crippen LogP contribution in [0.25, 0.3) is 0 Å². The number of hydrogen-bond donors (Lipinski definition) is 1. The van der Waals surface area contributed by atoms with E-state index in [2.05, 4.69) is 5.32 Å². The second-order valence-corrected chi connectivity index (χ2v) is 9.59. The van der Waals surface area contributed by atoms with E-state index >= 15 is 0 Å². The fourth-order valence-electron chi connectivity index (χ4n) is 3.43. The molecule has 1 unspecified atom stereocenters. The lowest BCUT2D eigenvalue weighted by atomic mass is 9.99. The van der Waals surface area contributed by atoms with Gasteiger partial charge in [0.25, 0.3) is 0 Å². The molecule has 0 radical (unpaired) electrons. The van der Waals surface area contributed by atoms with Gasteiger partial charge in [-0.2, -0.15) is 0 Å². The maximum atomic E-state index is 13.1. The minimum absolute atomic E-state index is 0. The number of esters is 1. The maximum absolute atomic E-state index is 13.1. The third-order valence-corrected chi connectivity index (χ3v) is 6.35. The number of rotatable bonds is 10. The molecule has 8 heteroatoms. The number of nitrogens with one attached hydrogen (secondary N) is 1. The molecular formula is C28H31ClN2O4S. The summed E-state index contributed by atoms with van der Waals surface area (Å²) in [7, 11) is 3.95. The van der Waals surface area contributed by atoms with Gasteiger partial charge in [-0.3, -0.25) is 9.59 Å². The quantitative estimate of drug-likeness (QED) is 0.346. The van der Waals surface area contributed by atoms with E-state index in [1.807, 2.05) is 73.6 Å². The highest BCUT2D eigenvalue weighted by atomic mass is 35.5. The van der Waals surface area contributed by atoms with Crippen LogP contribution >= 0.6 is 24.2 Å². The predicted molar refractivity (Wildman–Crippen MR) is 149 cm³/mol. The molecule has 0 heterocycles. The lowest BCUT2D eigenvalue weighted by Crippen LogP contribution is -2.27. The van der Waals surface area contributed by atoms with E-state index in [1.165, 1.54) is 6.92 Å². The Morgan fingerprint density at radius 1 is 0.917 bits per heavy atom. The van der Waals surface area contributed by atoms with Crippen molar-refractivity contribution in [3.8, 4) is 0 Å². The predicted octanol–water partition coefficient (Wildman–Crippen LogP) is 5.61. The molecule has 1 amide bonds. The van der Waals surface area contributed by atoms with Gasteiger partial charge >= 0.3 is 5.97 Å². The topological polar surface area (TPSA) is 75.7 Å². The monoisotopic (exact) mass is 526 g/mol. The zero-order chi connectivity index (χ0) is 25.2. The summed E-state index contributed by atoms with van der Waals surface area (Å²) >= 11 is 1.14. The Hall–Kier alpha value is -3.29. The van der Waals surface area contributed by atoms with E-state index in [0.717, 1.165) is 28.6 Å². The Morgan fingerprint density at radius 3 is 2.25 bits per heavy atom. The van der Waals surface area contributed by atoms with Crippen molar-refractivity contribution in [1.29, 1.82) is 0 Å². The van der Waals surface area contributed by atoms with Gasteiger partial charge in [0.2, 0.25) is 5.91 Å². The lowest BCUT2D eigenvalue weighted by molar-refractivity contribution is -0.119. The number of nitrogens with zero attached hydrogens (tertiary/aromatic N) is 1. The molecule has 0 saturated carbocycles. The van der Waals surface area contributed by atoms with Crippen LogP contribution in [0.5, 0.6) is 0 Å². The van der Waals surface area contributed by atoms with Crippen molar-refractivity contribution >= 4 is 52.5 Å². The van der Waals surface area contributed by atoms with Crippen molar-refractivity contribution in [2.45, 2.75) is 20.0 Å². The molecule has 3 aromatic rings. The first kappa shape index (κ1) is 28.9. The van der Waals surface area contributed by atoms with Gasteiger partial charge in [-0.05, 0) is 47.9 Å². The second kappa shape index (κ2) is 14.3. The highest BCUT2D eigenvalue weighted by molar-refractivity contribution is 8.13. The van der Waals surface area contributed by atoms with Crippen molar-refractivity contribution in [1.82, 2.24) is 0 Å². The van der Waals surface area contributed by atoms with Crippen molar-refractivity contribution in [3.05, 3.63) is 95.6 Å². The number of benzene rings is 3. The Balaban J connectivity index is 0.00000456. The van der Waals surface area contributed by atoms with Gasteiger partial charge in [0.15, 0.2) is 5.12 Å². The summed E-state index contributed by atoms with van der Waals surface area (Å²) in [5.74, 6) is -0.710. The van der Waals surface area contributed by atoms with Crippen LogP contribution in [0.15, 0.2) is 78.9 Å². The van der Waals surface area contributed by atoms with Gasteiger partial charge in [0.1, 0.15) is 6.61 Å². The molecule has 0 saturated heterocycles. The Labute approximate surface area is 222 Å². The summed E-state index contributed by atoms with van der Waals surface area (Å²) in [6, 6.07) is 24.1. The highest BCUT2D eigenvalue weighted by Gasteiger charge is 2.21. The van der Waals surface area contributed by atoms with Crippen molar-refractivity contribution < 1.29 is 19.1 Å². The number of ether oxygens (including phenoxy) is 1. The first-order valence-electron chi connectivity index (χ1n) is 11.3. The number of halogens is 1. The van der Waals surface area contributed by atoms with Crippen LogP contribution in [0.3, 0.4) is 0 Å². The largest absolute Gasteiger partial charge is 0.457 e. The summed E-state index contributed by atoms with van der Waals surface area (Å²) in [6.45, 7) is 1.67. The average molecular weight is 527 g/mol. The van der Waals surface area contributed by atoms with Crippen molar-refractivity contribution in [3.63, 3.8) is 0 Å². The molecule has 36 heavy (non-hydrogen) atoms. The summed E-state index contributed by atoms with van der Waals surface area (Å²) in [6.07, 6.45) is 0.499. The van der Waals surface area contributed by atoms with E-state index in [1.54, 1.807) is 24.3 Å². The smallest absolute Gasteiger partial charge is 0.338 e. The summed E-state index contributed by atoms with van der Waals surface area (Å²) in [4.78, 5) is 39.2. The van der Waals surface area contributed by atoms with Crippen LogP contribution in [-0.4, -0.2) is 36.8 Å². The minimum atomic E-state index is -0.463. The number of anilines is 2. The molecule has 0 aromatic heterocycles. The maximum Gasteiger partial charge on any atom is 0.338 e. The van der Waals surface area contributed by atoms with Crippen molar-refractivity contribution in [2.75, 3.05) is 30.1 Å². The van der Waals surface area contributed by atoms with Crippen LogP contribution in [0.1, 0.15) is 28.4 Å². The lowest BCUT2D eigenvalue weighted by Gasteiger charge is -2.18. The molecule has 3 rings (SSSR count). The molecule has 190 valence electrons. The molecule has 0 aliphatic rings. The number of thioether (sulfide) groups is 1. The molecular weight excluding hydrogens is 496 g/mol. The molecule has 1 N–H and O–H groups in total. The fourth-order valence-corrected chi connectivity index (χ4v) is 4.14. The third-order valence-electron chi connectivity index (χ3n) is 5.37. The van der Waals surface area contributed by atoms with E-state index in [-0.39, 0.29) is 30.0 Å². The zero-order valence-electron chi connectivity index (χ0n) is 20.6. The van der Waals surface area contributed by atoms with Crippen molar-refractivity contribution in [2.24, 2.45) is 5.92 Å². The van der Waals surface area contributed by atoms with E-state index in [0.29, 0.717) is 23.4 Å². The molecule has 1 atom stereocenters. The molecule has 0 fully saturated rings. The average Bonchev–Trinajstić information content (AvgIpc) is 2.86. The van der Waals surface area contributed by atoms with Gasteiger partial charge in [0.05, 0.1) is 11.5 Å². The van der Waals surface area contributed by atoms with Gasteiger partial charge in [0, 0.05) is 38.1 Å². The minimum Gasteiger partial charge on any atom is -0.457 e. The molecule has 0 aliphatic heterocycles. The van der Waals surface area contributed by atoms with Gasteiger partial charge < -0.3 is 15.0 Å². The van der Waals surface area contributed by atoms with Gasteiger partial charge in [-0.1, -0.05) is 60.3 Å². The summed E-state index contributed by atoms with van der Waals surface area (Å²) in [5, 5.41) is 2.87. The van der Waals surface area contributed by atoms with Crippen LogP contribution in [-0.2, 0) is 27.4 Å². The number of carbonyl (C=O) groups excluding carboxylic acids is 3. The van der Waals surface area contributed by atoms with Crippen LogP contribution in [0.2, 0.25) is 0 Å². The Kier molecular flexibility index (Phi) is 11.5. The SMILES string of the molecule is CC(=O)SCC(Cc1ccc(N(C)C)cc1)C(=O)Nc1cccc(C(=O)OCc2ccccc2)c1.Cl. The number of hydrogen-bond acceptors (Lipinski definition) is 6. The fraction of sp³-hybridized carbons (Fsp3) is 0.250. The molecule has 0 aliphatic carbocycles. The third kappa shape index (κ3) is 9.06. The van der Waals surface area contributed by atoms with Gasteiger partial charge in [-0.15, -0.1) is 12.4 Å². The van der Waals surface area contributed by atoms with E-state index in [9.17, 15) is 14.4 Å². The first-order valence-corrected chi connectivity index (χ1v) is 12.3. The standard InChI is InChI=1S/C28H30N2O4S.ClH/c1-20(31)35-19-24(16-21-12-14-26(15-13-21)30(2)3)27(32)29-25-11-7-10-23(17-25)28(33)34-18-22-8-5-4-6-9-22;/h4-15,17,24H,16,18-19H2,1-3H3,(H,29,32);1H. The number of amides is 1. The summed E-state index contributed by atoms with van der Waals surface area (Å²) in [5.41, 5.74) is 3.84. The Morgan fingerprint density at radius 2 is 1.61 bits per heavy atom. The summed E-state index contributed by atoms with van der Waals surface area (Å²) < 4.78 is 5.40. The first-order chi connectivity index (χ1) is 16.8.